The van der Waals surface area contributed by atoms with Crippen molar-refractivity contribution >= 4 is 46.0 Å². The van der Waals surface area contributed by atoms with Crippen LogP contribution in [0.4, 0.5) is 5.69 Å². The molecule has 0 bridgehead atoms. The summed E-state index contributed by atoms with van der Waals surface area (Å²) < 4.78 is 6.35. The number of nitro benzene ring substituents is 1. The number of carbonyl (C=O) groups excluding carboxylic acids is 1. The van der Waals surface area contributed by atoms with Gasteiger partial charge in [0.2, 0.25) is 0 Å². The van der Waals surface area contributed by atoms with Gasteiger partial charge in [0.25, 0.3) is 11.6 Å². The van der Waals surface area contributed by atoms with Crippen LogP contribution >= 0.6 is 24.0 Å². The smallest absolute Gasteiger partial charge is 0.280 e. The molecule has 2 aromatic rings. The van der Waals surface area contributed by atoms with Crippen LogP contribution in [0.5, 0.6) is 0 Å². The first-order valence-corrected chi connectivity index (χ1v) is 11.3. The molecule has 30 heavy (non-hydrogen) atoms. The zero-order chi connectivity index (χ0) is 21.7. The summed E-state index contributed by atoms with van der Waals surface area (Å²) in [6.45, 7) is 4.94. The average molecular weight is 445 g/mol. The molecule has 1 amide bonds. The van der Waals surface area contributed by atoms with Crippen LogP contribution < -0.4 is 0 Å². The lowest BCUT2D eigenvalue weighted by Gasteiger charge is -2.21. The molecule has 1 aliphatic heterocycles. The highest BCUT2D eigenvalue weighted by atomic mass is 32.2. The number of nitrogens with zero attached hydrogens (tertiary/aromatic N) is 2. The monoisotopic (exact) mass is 444 g/mol. The number of hydrogen-bond donors (Lipinski definition) is 0. The van der Waals surface area contributed by atoms with Crippen LogP contribution in [0.1, 0.15) is 45.3 Å². The van der Waals surface area contributed by atoms with Gasteiger partial charge in [-0.1, -0.05) is 69.2 Å². The topological polar surface area (TPSA) is 76.6 Å². The number of benzene rings is 1. The summed E-state index contributed by atoms with van der Waals surface area (Å²) in [5.74, 6) is 1.17. The number of nitro groups is 1. The maximum absolute atomic E-state index is 12.9. The number of rotatable bonds is 9. The van der Waals surface area contributed by atoms with Crippen LogP contribution in [0.2, 0.25) is 0 Å². The Morgan fingerprint density at radius 1 is 1.27 bits per heavy atom. The molecule has 2 heterocycles. The molecule has 6 nitrogen and oxygen atoms in total. The van der Waals surface area contributed by atoms with Crippen molar-refractivity contribution in [3.8, 4) is 11.3 Å². The second-order valence-corrected chi connectivity index (χ2v) is 8.86. The standard InChI is InChI=1S/C22H24N2O4S2/c1-3-5-8-15(4-2)14-23-21(25)20(30-22(23)29)13-16-11-12-19(28-16)17-9-6-7-10-18(17)24(26)27/h6-7,9-13,15H,3-5,8,14H2,1-2H3/b20-13-/t15-/m1/s1. The van der Waals surface area contributed by atoms with Gasteiger partial charge in [-0.05, 0) is 30.5 Å². The van der Waals surface area contributed by atoms with Crippen molar-refractivity contribution in [1.29, 1.82) is 0 Å². The maximum atomic E-state index is 12.9. The van der Waals surface area contributed by atoms with Crippen LogP contribution in [0, 0.1) is 16.0 Å². The van der Waals surface area contributed by atoms with Crippen molar-refractivity contribution in [2.24, 2.45) is 5.92 Å². The van der Waals surface area contributed by atoms with E-state index in [4.69, 9.17) is 16.6 Å². The summed E-state index contributed by atoms with van der Waals surface area (Å²) in [4.78, 5) is 25.9. The van der Waals surface area contributed by atoms with Crippen LogP contribution in [-0.2, 0) is 4.79 Å². The molecule has 0 N–H and O–H groups in total. The van der Waals surface area contributed by atoms with Crippen molar-refractivity contribution in [2.75, 3.05) is 6.54 Å². The van der Waals surface area contributed by atoms with Gasteiger partial charge in [0.05, 0.1) is 15.4 Å². The van der Waals surface area contributed by atoms with Gasteiger partial charge in [-0.25, -0.2) is 0 Å². The largest absolute Gasteiger partial charge is 0.456 e. The lowest BCUT2D eigenvalue weighted by atomic mass is 9.99. The summed E-state index contributed by atoms with van der Waals surface area (Å²) >= 11 is 6.71. The number of carbonyl (C=O) groups is 1. The Bertz CT molecular complexity index is 983. The van der Waals surface area contributed by atoms with E-state index in [0.29, 0.717) is 38.8 Å². The Balaban J connectivity index is 1.78. The second-order valence-electron chi connectivity index (χ2n) is 7.19. The number of amides is 1. The summed E-state index contributed by atoms with van der Waals surface area (Å²) in [6.07, 6.45) is 6.03. The van der Waals surface area contributed by atoms with E-state index in [0.717, 1.165) is 25.7 Å². The van der Waals surface area contributed by atoms with Crippen LogP contribution in [0.25, 0.3) is 17.4 Å². The number of thiocarbonyl (C=S) groups is 1. The fourth-order valence-corrected chi connectivity index (χ4v) is 4.63. The third-order valence-corrected chi connectivity index (χ3v) is 6.50. The normalized spacial score (nSPS) is 16.5. The van der Waals surface area contributed by atoms with Gasteiger partial charge < -0.3 is 4.42 Å². The Hall–Kier alpha value is -2.45. The molecule has 0 radical (unpaired) electrons. The molecular weight excluding hydrogens is 420 g/mol. The van der Waals surface area contributed by atoms with Crippen LogP contribution in [0.15, 0.2) is 45.7 Å². The van der Waals surface area contributed by atoms with E-state index in [-0.39, 0.29) is 11.6 Å². The molecule has 0 unspecified atom stereocenters. The van der Waals surface area contributed by atoms with Gasteiger partial charge in [0.15, 0.2) is 0 Å². The average Bonchev–Trinajstić information content (AvgIpc) is 3.30. The number of furan rings is 1. The molecule has 0 aliphatic carbocycles. The summed E-state index contributed by atoms with van der Waals surface area (Å²) in [5, 5.41) is 11.3. The molecule has 1 aliphatic rings. The summed E-state index contributed by atoms with van der Waals surface area (Å²) in [7, 11) is 0. The third-order valence-electron chi connectivity index (χ3n) is 5.12. The summed E-state index contributed by atoms with van der Waals surface area (Å²) in [6, 6.07) is 9.79. The van der Waals surface area contributed by atoms with Gasteiger partial charge in [-0.3, -0.25) is 19.8 Å². The highest BCUT2D eigenvalue weighted by Gasteiger charge is 2.33. The minimum Gasteiger partial charge on any atom is -0.456 e. The molecule has 8 heteroatoms. The molecule has 1 aromatic heterocycles. The van der Waals surface area contributed by atoms with Crippen molar-refractivity contribution in [3.05, 3.63) is 57.2 Å². The van der Waals surface area contributed by atoms with Gasteiger partial charge >= 0.3 is 0 Å². The minimum atomic E-state index is -0.439. The SMILES string of the molecule is CCCC[C@@H](CC)CN1C(=O)/C(=C/c2ccc(-c3ccccc3[N+](=O)[O-])o2)SC1=S. The van der Waals surface area contributed by atoms with Crippen LogP contribution in [-0.4, -0.2) is 26.6 Å². The molecule has 1 aromatic carbocycles. The van der Waals surface area contributed by atoms with Crippen LogP contribution in [0.3, 0.4) is 0 Å². The van der Waals surface area contributed by atoms with E-state index in [1.54, 1.807) is 41.3 Å². The number of para-hydroxylation sites is 1. The van der Waals surface area contributed by atoms with E-state index >= 15 is 0 Å². The summed E-state index contributed by atoms with van der Waals surface area (Å²) in [5.41, 5.74) is 0.374. The highest BCUT2D eigenvalue weighted by molar-refractivity contribution is 8.26. The maximum Gasteiger partial charge on any atom is 0.280 e. The predicted molar refractivity (Wildman–Crippen MR) is 124 cm³/mol. The number of unbranched alkanes of at least 4 members (excludes halogenated alkanes) is 1. The Morgan fingerprint density at radius 2 is 2.03 bits per heavy atom. The lowest BCUT2D eigenvalue weighted by molar-refractivity contribution is -0.384. The highest BCUT2D eigenvalue weighted by Crippen LogP contribution is 2.36. The first kappa shape index (κ1) is 22.2. The van der Waals surface area contributed by atoms with Gasteiger partial charge in [-0.2, -0.15) is 0 Å². The molecule has 3 rings (SSSR count). The molecular formula is C22H24N2O4S2. The van der Waals surface area contributed by atoms with E-state index in [9.17, 15) is 14.9 Å². The number of hydrogen-bond acceptors (Lipinski definition) is 6. The zero-order valence-electron chi connectivity index (χ0n) is 17.0. The van der Waals surface area contributed by atoms with Crippen molar-refractivity contribution in [3.63, 3.8) is 0 Å². The van der Waals surface area contributed by atoms with Gasteiger partial charge in [-0.15, -0.1) is 0 Å². The zero-order valence-corrected chi connectivity index (χ0v) is 18.6. The Labute approximate surface area is 185 Å². The van der Waals surface area contributed by atoms with Gasteiger partial charge in [0, 0.05) is 18.7 Å². The Kier molecular flexibility index (Phi) is 7.44. The molecule has 1 atom stereocenters. The van der Waals surface area contributed by atoms with Gasteiger partial charge in [0.1, 0.15) is 15.8 Å². The van der Waals surface area contributed by atoms with E-state index in [1.807, 2.05) is 0 Å². The first-order chi connectivity index (χ1) is 14.4. The molecule has 158 valence electrons. The third kappa shape index (κ3) is 4.99. The number of thioether (sulfide) groups is 1. The quantitative estimate of drug-likeness (QED) is 0.196. The predicted octanol–water partition coefficient (Wildman–Crippen LogP) is 6.27. The van der Waals surface area contributed by atoms with Crippen molar-refractivity contribution in [1.82, 2.24) is 4.90 Å². The molecule has 0 saturated carbocycles. The molecule has 1 saturated heterocycles. The van der Waals surface area contributed by atoms with E-state index in [1.165, 1.54) is 17.8 Å². The van der Waals surface area contributed by atoms with Crippen molar-refractivity contribution < 1.29 is 14.1 Å². The van der Waals surface area contributed by atoms with E-state index < -0.39 is 4.92 Å². The van der Waals surface area contributed by atoms with Crippen molar-refractivity contribution in [2.45, 2.75) is 39.5 Å². The fourth-order valence-electron chi connectivity index (χ4n) is 3.38. The molecule has 1 fully saturated rings. The first-order valence-electron chi connectivity index (χ1n) is 10.0. The second kappa shape index (κ2) is 10.0. The molecule has 0 spiro atoms. The minimum absolute atomic E-state index is 0.0255. The lowest BCUT2D eigenvalue weighted by Crippen LogP contribution is -2.33. The Morgan fingerprint density at radius 3 is 2.73 bits per heavy atom. The van der Waals surface area contributed by atoms with E-state index in [2.05, 4.69) is 13.8 Å². The fraction of sp³-hybridized carbons (Fsp3) is 0.364.